The highest BCUT2D eigenvalue weighted by molar-refractivity contribution is 7.12. The number of hydrogen-bond acceptors (Lipinski definition) is 3. The Morgan fingerprint density at radius 2 is 2.06 bits per heavy atom. The van der Waals surface area contributed by atoms with E-state index < -0.39 is 0 Å². The molecule has 5 heteroatoms. The van der Waals surface area contributed by atoms with E-state index in [1.807, 2.05) is 4.57 Å². The molecule has 0 radical (unpaired) electrons. The molecule has 2 aromatic rings. The van der Waals surface area contributed by atoms with Gasteiger partial charge in [0.15, 0.2) is 0 Å². The van der Waals surface area contributed by atoms with Gasteiger partial charge in [-0.05, 0) is 37.1 Å². The third-order valence-corrected chi connectivity index (χ3v) is 4.20. The molecule has 2 aromatic heterocycles. The summed E-state index contributed by atoms with van der Waals surface area (Å²) in [6.45, 7) is 9.23. The summed E-state index contributed by atoms with van der Waals surface area (Å²) < 4.78 is 1.98. The maximum atomic E-state index is 6.08. The molecule has 0 unspecified atom stereocenters. The average molecular weight is 270 g/mol. The number of hydrogen-bond donors (Lipinski definition) is 0. The van der Waals surface area contributed by atoms with E-state index in [1.165, 1.54) is 15.3 Å². The van der Waals surface area contributed by atoms with Gasteiger partial charge in [-0.3, -0.25) is 4.57 Å². The molecule has 0 N–H and O–H groups in total. The Bertz CT molecular complexity index is 508. The van der Waals surface area contributed by atoms with Crippen LogP contribution in [0.15, 0.2) is 6.07 Å². The molecule has 0 fully saturated rings. The van der Waals surface area contributed by atoms with Gasteiger partial charge in [0.2, 0.25) is 5.28 Å². The molecular weight excluding hydrogens is 254 g/mol. The molecule has 0 bridgehead atoms. The van der Waals surface area contributed by atoms with Crippen LogP contribution in [0.3, 0.4) is 0 Å². The molecule has 0 saturated heterocycles. The number of rotatable bonds is 3. The SMILES string of the molecule is Cc1cc(Cn2c(Cl)nnc2C(C)C)sc1C. The van der Waals surface area contributed by atoms with Crippen molar-refractivity contribution >= 4 is 22.9 Å². The third kappa shape index (κ3) is 2.53. The monoisotopic (exact) mass is 269 g/mol. The first kappa shape index (κ1) is 12.6. The molecule has 17 heavy (non-hydrogen) atoms. The maximum Gasteiger partial charge on any atom is 0.225 e. The summed E-state index contributed by atoms with van der Waals surface area (Å²) in [7, 11) is 0. The van der Waals surface area contributed by atoms with Crippen molar-refractivity contribution in [1.82, 2.24) is 14.8 Å². The summed E-state index contributed by atoms with van der Waals surface area (Å²) in [5, 5.41) is 8.54. The van der Waals surface area contributed by atoms with Gasteiger partial charge in [0.05, 0.1) is 6.54 Å². The lowest BCUT2D eigenvalue weighted by atomic mass is 10.2. The molecule has 0 saturated carbocycles. The minimum atomic E-state index is 0.331. The third-order valence-electron chi connectivity index (χ3n) is 2.78. The molecule has 2 rings (SSSR count). The van der Waals surface area contributed by atoms with Crippen molar-refractivity contribution < 1.29 is 0 Å². The summed E-state index contributed by atoms with van der Waals surface area (Å²) in [6, 6.07) is 2.21. The fraction of sp³-hybridized carbons (Fsp3) is 0.500. The normalized spacial score (nSPS) is 11.4. The van der Waals surface area contributed by atoms with Crippen molar-refractivity contribution in [2.45, 2.75) is 40.2 Å². The van der Waals surface area contributed by atoms with Gasteiger partial charge in [0.1, 0.15) is 5.82 Å². The van der Waals surface area contributed by atoms with Gasteiger partial charge in [-0.15, -0.1) is 21.5 Å². The van der Waals surface area contributed by atoms with E-state index in [1.54, 1.807) is 11.3 Å². The lowest BCUT2D eigenvalue weighted by molar-refractivity contribution is 0.674. The second-order valence-corrected chi connectivity index (χ2v) is 6.20. The van der Waals surface area contributed by atoms with Crippen molar-refractivity contribution in [3.63, 3.8) is 0 Å². The quantitative estimate of drug-likeness (QED) is 0.849. The topological polar surface area (TPSA) is 30.7 Å². The van der Waals surface area contributed by atoms with Crippen LogP contribution in [0.25, 0.3) is 0 Å². The molecule has 92 valence electrons. The van der Waals surface area contributed by atoms with Gasteiger partial charge in [0, 0.05) is 15.7 Å². The molecule has 0 spiro atoms. The standard InChI is InChI=1S/C12H16ClN3S/c1-7(2)11-14-15-12(13)16(11)6-10-5-8(3)9(4)17-10/h5,7H,6H2,1-4H3. The van der Waals surface area contributed by atoms with E-state index >= 15 is 0 Å². The molecule has 3 nitrogen and oxygen atoms in total. The van der Waals surface area contributed by atoms with Crippen LogP contribution < -0.4 is 0 Å². The number of halogens is 1. The first-order valence-corrected chi connectivity index (χ1v) is 6.83. The minimum absolute atomic E-state index is 0.331. The van der Waals surface area contributed by atoms with Crippen LogP contribution in [0.2, 0.25) is 5.28 Å². The van der Waals surface area contributed by atoms with E-state index in [0.29, 0.717) is 11.2 Å². The first-order valence-electron chi connectivity index (χ1n) is 5.63. The zero-order chi connectivity index (χ0) is 12.6. The lowest BCUT2D eigenvalue weighted by Crippen LogP contribution is -2.05. The molecule has 0 aliphatic heterocycles. The summed E-state index contributed by atoms with van der Waals surface area (Å²) in [4.78, 5) is 2.65. The predicted octanol–water partition coefficient (Wildman–Crippen LogP) is 3.78. The second-order valence-electron chi connectivity index (χ2n) is 4.52. The lowest BCUT2D eigenvalue weighted by Gasteiger charge is -2.08. The highest BCUT2D eigenvalue weighted by Crippen LogP contribution is 2.24. The van der Waals surface area contributed by atoms with Crippen LogP contribution in [0, 0.1) is 13.8 Å². The molecule has 0 amide bonds. The van der Waals surface area contributed by atoms with E-state index in [4.69, 9.17) is 11.6 Å². The number of aromatic nitrogens is 3. The van der Waals surface area contributed by atoms with Gasteiger partial charge in [0.25, 0.3) is 0 Å². The summed E-state index contributed by atoms with van der Waals surface area (Å²) in [5.74, 6) is 1.27. The van der Waals surface area contributed by atoms with Crippen LogP contribution in [0.4, 0.5) is 0 Å². The molecular formula is C12H16ClN3S. The van der Waals surface area contributed by atoms with Crippen LogP contribution in [-0.4, -0.2) is 14.8 Å². The van der Waals surface area contributed by atoms with Gasteiger partial charge in [-0.1, -0.05) is 13.8 Å². The van der Waals surface area contributed by atoms with Crippen LogP contribution >= 0.6 is 22.9 Å². The van der Waals surface area contributed by atoms with Gasteiger partial charge in [-0.2, -0.15) is 0 Å². The Kier molecular flexibility index (Phi) is 3.54. The fourth-order valence-electron chi connectivity index (χ4n) is 1.75. The van der Waals surface area contributed by atoms with Gasteiger partial charge in [-0.25, -0.2) is 0 Å². The van der Waals surface area contributed by atoms with E-state index in [2.05, 4.69) is 44.0 Å². The van der Waals surface area contributed by atoms with Gasteiger partial charge < -0.3 is 0 Å². The highest BCUT2D eigenvalue weighted by atomic mass is 35.5. The summed E-state index contributed by atoms with van der Waals surface area (Å²) in [5.41, 5.74) is 1.33. The number of aryl methyl sites for hydroxylation is 2. The van der Waals surface area contributed by atoms with E-state index in [0.717, 1.165) is 12.4 Å². The van der Waals surface area contributed by atoms with E-state index in [9.17, 15) is 0 Å². The first-order chi connectivity index (χ1) is 7.99. The maximum absolute atomic E-state index is 6.08. The average Bonchev–Trinajstić information content (AvgIpc) is 2.74. The Morgan fingerprint density at radius 3 is 2.59 bits per heavy atom. The largest absolute Gasteiger partial charge is 0.296 e. The fourth-order valence-corrected chi connectivity index (χ4v) is 2.98. The van der Waals surface area contributed by atoms with Crippen molar-refractivity contribution in [1.29, 1.82) is 0 Å². The van der Waals surface area contributed by atoms with Crippen LogP contribution in [0.5, 0.6) is 0 Å². The molecule has 2 heterocycles. The predicted molar refractivity (Wildman–Crippen MR) is 72.0 cm³/mol. The Hall–Kier alpha value is -0.870. The van der Waals surface area contributed by atoms with Crippen molar-refractivity contribution in [2.75, 3.05) is 0 Å². The van der Waals surface area contributed by atoms with Gasteiger partial charge >= 0.3 is 0 Å². The molecule has 0 aromatic carbocycles. The molecule has 0 aliphatic rings. The van der Waals surface area contributed by atoms with Crippen molar-refractivity contribution in [3.8, 4) is 0 Å². The molecule has 0 atom stereocenters. The Labute approximate surface area is 110 Å². The zero-order valence-electron chi connectivity index (χ0n) is 10.5. The highest BCUT2D eigenvalue weighted by Gasteiger charge is 2.14. The van der Waals surface area contributed by atoms with E-state index in [-0.39, 0.29) is 0 Å². The van der Waals surface area contributed by atoms with Crippen LogP contribution in [-0.2, 0) is 6.54 Å². The second kappa shape index (κ2) is 4.78. The van der Waals surface area contributed by atoms with Crippen molar-refractivity contribution in [2.24, 2.45) is 0 Å². The number of nitrogens with zero attached hydrogens (tertiary/aromatic N) is 3. The Morgan fingerprint density at radius 1 is 1.35 bits per heavy atom. The smallest absolute Gasteiger partial charge is 0.225 e. The Balaban J connectivity index is 2.32. The van der Waals surface area contributed by atoms with Crippen LogP contribution in [0.1, 0.15) is 40.9 Å². The zero-order valence-corrected chi connectivity index (χ0v) is 12.1. The number of thiophene rings is 1. The van der Waals surface area contributed by atoms with Crippen molar-refractivity contribution in [3.05, 3.63) is 32.5 Å². The summed E-state index contributed by atoms with van der Waals surface area (Å²) in [6.07, 6.45) is 0. The minimum Gasteiger partial charge on any atom is -0.296 e. The summed E-state index contributed by atoms with van der Waals surface area (Å²) >= 11 is 7.89. The molecule has 0 aliphatic carbocycles.